The van der Waals surface area contributed by atoms with E-state index in [0.717, 1.165) is 0 Å². The maximum atomic E-state index is 11.1. The van der Waals surface area contributed by atoms with Crippen LogP contribution in [0.5, 0.6) is 0 Å². The summed E-state index contributed by atoms with van der Waals surface area (Å²) in [5.74, 6) is -1.53. The SMILES string of the molecule is C=C(C)C(=O)OC[C@@H](O)[C@@H](O)[C@H](O)[C@@H](O)COC(=O)C(=C)C. The van der Waals surface area contributed by atoms with Gasteiger partial charge in [-0.05, 0) is 13.8 Å². The minimum Gasteiger partial charge on any atom is -0.459 e. The standard InChI is InChI=1S/C14H22O8/c1-7(2)13(19)21-5-9(15)11(17)12(18)10(16)6-22-14(20)8(3)4/h9-12,15-18H,1,3,5-6H2,2,4H3/t9-,10+,11-,12-/m1/s1. The third-order valence-electron chi connectivity index (χ3n) is 2.61. The quantitative estimate of drug-likeness (QED) is 0.303. The first-order valence-corrected chi connectivity index (χ1v) is 6.45. The Hall–Kier alpha value is -1.74. The van der Waals surface area contributed by atoms with Crippen LogP contribution in [0, 0.1) is 0 Å². The van der Waals surface area contributed by atoms with Crippen molar-refractivity contribution in [3.63, 3.8) is 0 Å². The van der Waals surface area contributed by atoms with Gasteiger partial charge in [-0.3, -0.25) is 0 Å². The zero-order valence-corrected chi connectivity index (χ0v) is 12.6. The van der Waals surface area contributed by atoms with Gasteiger partial charge in [0.2, 0.25) is 0 Å². The molecule has 4 atom stereocenters. The van der Waals surface area contributed by atoms with Crippen LogP contribution in [-0.2, 0) is 19.1 Å². The van der Waals surface area contributed by atoms with Crippen LogP contribution in [0.2, 0.25) is 0 Å². The third-order valence-corrected chi connectivity index (χ3v) is 2.61. The lowest BCUT2D eigenvalue weighted by Crippen LogP contribution is -2.48. The third kappa shape index (κ3) is 6.81. The Bertz CT molecular complexity index is 391. The van der Waals surface area contributed by atoms with Gasteiger partial charge < -0.3 is 29.9 Å². The molecular weight excluding hydrogens is 296 g/mol. The van der Waals surface area contributed by atoms with Gasteiger partial charge in [0.05, 0.1) is 0 Å². The highest BCUT2D eigenvalue weighted by molar-refractivity contribution is 5.87. The molecule has 0 bridgehead atoms. The first-order valence-electron chi connectivity index (χ1n) is 6.45. The minimum atomic E-state index is -1.81. The molecule has 0 rings (SSSR count). The van der Waals surface area contributed by atoms with Crippen molar-refractivity contribution in [2.75, 3.05) is 13.2 Å². The van der Waals surface area contributed by atoms with Crippen LogP contribution >= 0.6 is 0 Å². The molecule has 22 heavy (non-hydrogen) atoms. The predicted octanol–water partition coefficient (Wildman–Crippen LogP) is -1.33. The van der Waals surface area contributed by atoms with Crippen LogP contribution in [0.1, 0.15) is 13.8 Å². The zero-order valence-electron chi connectivity index (χ0n) is 12.6. The van der Waals surface area contributed by atoms with E-state index in [9.17, 15) is 30.0 Å². The highest BCUT2D eigenvalue weighted by Gasteiger charge is 2.31. The van der Waals surface area contributed by atoms with E-state index in [1.54, 1.807) is 0 Å². The Morgan fingerprint density at radius 2 is 1.09 bits per heavy atom. The molecule has 0 heterocycles. The zero-order chi connectivity index (χ0) is 17.4. The number of ether oxygens (including phenoxy) is 2. The molecule has 0 aromatic heterocycles. The Balaban J connectivity index is 4.35. The van der Waals surface area contributed by atoms with Gasteiger partial charge >= 0.3 is 11.9 Å². The molecule has 0 aliphatic heterocycles. The van der Waals surface area contributed by atoms with Gasteiger partial charge in [0.1, 0.15) is 37.6 Å². The summed E-state index contributed by atoms with van der Waals surface area (Å²) >= 11 is 0. The number of esters is 2. The van der Waals surface area contributed by atoms with E-state index in [4.69, 9.17) is 0 Å². The summed E-state index contributed by atoms with van der Waals surface area (Å²) in [5, 5.41) is 38.5. The predicted molar refractivity (Wildman–Crippen MR) is 75.6 cm³/mol. The molecule has 0 aliphatic carbocycles. The number of rotatable bonds is 9. The van der Waals surface area contributed by atoms with Gasteiger partial charge in [0.15, 0.2) is 0 Å². The van der Waals surface area contributed by atoms with Crippen molar-refractivity contribution in [3.05, 3.63) is 24.3 Å². The van der Waals surface area contributed by atoms with Crippen LogP contribution in [0.25, 0.3) is 0 Å². The van der Waals surface area contributed by atoms with E-state index < -0.39 is 49.6 Å². The molecule has 0 saturated carbocycles. The second kappa shape index (κ2) is 9.31. The van der Waals surface area contributed by atoms with E-state index in [1.807, 2.05) is 0 Å². The second-order valence-electron chi connectivity index (χ2n) is 4.87. The Morgan fingerprint density at radius 1 is 0.818 bits per heavy atom. The molecule has 8 nitrogen and oxygen atoms in total. The number of hydrogen-bond acceptors (Lipinski definition) is 8. The Morgan fingerprint density at radius 3 is 1.32 bits per heavy atom. The Labute approximate surface area is 128 Å². The van der Waals surface area contributed by atoms with Gasteiger partial charge in [-0.15, -0.1) is 0 Å². The highest BCUT2D eigenvalue weighted by atomic mass is 16.5. The lowest BCUT2D eigenvalue weighted by Gasteiger charge is -2.26. The summed E-state index contributed by atoms with van der Waals surface area (Å²) in [6.45, 7) is 8.28. The van der Waals surface area contributed by atoms with E-state index in [-0.39, 0.29) is 11.1 Å². The minimum absolute atomic E-state index is 0.106. The molecule has 0 spiro atoms. The summed E-state index contributed by atoms with van der Waals surface area (Å²) in [7, 11) is 0. The second-order valence-corrected chi connectivity index (χ2v) is 4.87. The van der Waals surface area contributed by atoms with Crippen molar-refractivity contribution in [3.8, 4) is 0 Å². The fourth-order valence-electron chi connectivity index (χ4n) is 1.22. The molecular formula is C14H22O8. The van der Waals surface area contributed by atoms with E-state index in [0.29, 0.717) is 0 Å². The molecule has 4 N–H and O–H groups in total. The van der Waals surface area contributed by atoms with Crippen molar-refractivity contribution in [1.29, 1.82) is 0 Å². The molecule has 0 saturated heterocycles. The molecule has 0 radical (unpaired) electrons. The maximum Gasteiger partial charge on any atom is 0.333 e. The summed E-state index contributed by atoms with van der Waals surface area (Å²) in [6, 6.07) is 0. The summed E-state index contributed by atoms with van der Waals surface area (Å²) < 4.78 is 9.22. The van der Waals surface area contributed by atoms with E-state index in [2.05, 4.69) is 22.6 Å². The molecule has 0 aliphatic rings. The summed E-state index contributed by atoms with van der Waals surface area (Å²) in [5.41, 5.74) is 0.211. The van der Waals surface area contributed by atoms with Crippen molar-refractivity contribution in [1.82, 2.24) is 0 Å². The molecule has 8 heteroatoms. The summed E-state index contributed by atoms with van der Waals surface area (Å²) in [6.07, 6.45) is -6.89. The van der Waals surface area contributed by atoms with Crippen molar-refractivity contribution >= 4 is 11.9 Å². The van der Waals surface area contributed by atoms with Crippen LogP contribution in [0.3, 0.4) is 0 Å². The molecule has 0 fully saturated rings. The van der Waals surface area contributed by atoms with Crippen molar-refractivity contribution in [2.45, 2.75) is 38.3 Å². The van der Waals surface area contributed by atoms with Crippen LogP contribution < -0.4 is 0 Å². The van der Waals surface area contributed by atoms with E-state index >= 15 is 0 Å². The van der Waals surface area contributed by atoms with Crippen molar-refractivity contribution in [2.24, 2.45) is 0 Å². The maximum absolute atomic E-state index is 11.1. The lowest BCUT2D eigenvalue weighted by molar-refractivity contribution is -0.158. The molecule has 0 aromatic rings. The largest absolute Gasteiger partial charge is 0.459 e. The average molecular weight is 318 g/mol. The van der Waals surface area contributed by atoms with E-state index in [1.165, 1.54) is 13.8 Å². The first kappa shape index (κ1) is 20.3. The fourth-order valence-corrected chi connectivity index (χ4v) is 1.22. The van der Waals surface area contributed by atoms with Gasteiger partial charge in [0.25, 0.3) is 0 Å². The normalized spacial score (nSPS) is 16.1. The monoisotopic (exact) mass is 318 g/mol. The van der Waals surface area contributed by atoms with Gasteiger partial charge in [-0.1, -0.05) is 13.2 Å². The van der Waals surface area contributed by atoms with Gasteiger partial charge in [-0.2, -0.15) is 0 Å². The van der Waals surface area contributed by atoms with Crippen LogP contribution in [0.4, 0.5) is 0 Å². The smallest absolute Gasteiger partial charge is 0.333 e. The fraction of sp³-hybridized carbons (Fsp3) is 0.571. The number of aliphatic hydroxyl groups excluding tert-OH is 4. The molecule has 0 unspecified atom stereocenters. The Kier molecular flexibility index (Phi) is 8.58. The summed E-state index contributed by atoms with van der Waals surface area (Å²) in [4.78, 5) is 22.2. The van der Waals surface area contributed by atoms with Gasteiger partial charge in [0, 0.05) is 11.1 Å². The topological polar surface area (TPSA) is 134 Å². The number of aliphatic hydroxyl groups is 4. The molecule has 0 amide bonds. The highest BCUT2D eigenvalue weighted by Crippen LogP contribution is 2.08. The average Bonchev–Trinajstić information content (AvgIpc) is 2.47. The van der Waals surface area contributed by atoms with Crippen LogP contribution in [-0.4, -0.2) is 70.0 Å². The number of hydrogen-bond donors (Lipinski definition) is 4. The number of carbonyl (C=O) groups is 2. The molecule has 126 valence electrons. The van der Waals surface area contributed by atoms with Gasteiger partial charge in [-0.25, -0.2) is 9.59 Å². The van der Waals surface area contributed by atoms with Crippen molar-refractivity contribution < 1.29 is 39.5 Å². The first-order chi connectivity index (χ1) is 10.1. The number of carbonyl (C=O) groups excluding carboxylic acids is 2. The molecule has 0 aromatic carbocycles. The van der Waals surface area contributed by atoms with Crippen LogP contribution in [0.15, 0.2) is 24.3 Å². The lowest BCUT2D eigenvalue weighted by atomic mass is 10.0.